The van der Waals surface area contributed by atoms with Crippen molar-refractivity contribution in [1.29, 1.82) is 0 Å². The third-order valence-electron chi connectivity index (χ3n) is 4.88. The lowest BCUT2D eigenvalue weighted by molar-refractivity contribution is 0.259. The number of primary amides is 1. The van der Waals surface area contributed by atoms with E-state index < -0.39 is 6.03 Å². The molecule has 4 rings (SSSR count). The second-order valence-corrected chi connectivity index (χ2v) is 6.87. The molecule has 3 N–H and O–H groups in total. The Morgan fingerprint density at radius 1 is 0.839 bits per heavy atom. The first-order valence-electron chi connectivity index (χ1n) is 9.56. The van der Waals surface area contributed by atoms with E-state index in [1.54, 1.807) is 49.2 Å². The van der Waals surface area contributed by atoms with Gasteiger partial charge in [0.1, 0.15) is 5.82 Å². The van der Waals surface area contributed by atoms with Crippen molar-refractivity contribution in [2.24, 2.45) is 5.73 Å². The Morgan fingerprint density at radius 3 is 2.03 bits per heavy atom. The first kappa shape index (κ1) is 20.1. The number of nitrogens with zero attached hydrogens (tertiary/aromatic N) is 4. The largest absolute Gasteiger partial charge is 0.351 e. The lowest BCUT2D eigenvalue weighted by Crippen LogP contribution is -2.22. The van der Waals surface area contributed by atoms with Crippen molar-refractivity contribution < 1.29 is 9.18 Å². The standard InChI is InChI=1S/C23H19FN6O/c24-18-7-5-15(6-8-18)21(19-9-12-28-23(29-19)30-22(25)31)20(16-3-1-10-26-13-16)17-4-2-11-27-14-17/h1-14,20-21H,(H3,25,28,29,30,31). The van der Waals surface area contributed by atoms with E-state index in [1.165, 1.54) is 12.1 Å². The quantitative estimate of drug-likeness (QED) is 0.498. The molecule has 8 heteroatoms. The second kappa shape index (κ2) is 9.08. The molecule has 3 heterocycles. The highest BCUT2D eigenvalue weighted by Crippen LogP contribution is 2.41. The van der Waals surface area contributed by atoms with Crippen LogP contribution in [0.25, 0.3) is 0 Å². The maximum absolute atomic E-state index is 13.7. The summed E-state index contributed by atoms with van der Waals surface area (Å²) >= 11 is 0. The highest BCUT2D eigenvalue weighted by Gasteiger charge is 2.30. The van der Waals surface area contributed by atoms with Crippen LogP contribution in [0.4, 0.5) is 15.1 Å². The molecule has 0 spiro atoms. The number of urea groups is 1. The van der Waals surface area contributed by atoms with Gasteiger partial charge < -0.3 is 5.73 Å². The fraction of sp³-hybridized carbons (Fsp3) is 0.0870. The average Bonchev–Trinajstić information content (AvgIpc) is 2.79. The van der Waals surface area contributed by atoms with Gasteiger partial charge in [-0.05, 0) is 47.0 Å². The van der Waals surface area contributed by atoms with Gasteiger partial charge >= 0.3 is 6.03 Å². The smallest absolute Gasteiger partial charge is 0.319 e. The fourth-order valence-corrected chi connectivity index (χ4v) is 3.62. The van der Waals surface area contributed by atoms with Crippen LogP contribution in [0, 0.1) is 5.82 Å². The van der Waals surface area contributed by atoms with Crippen molar-refractivity contribution in [2.75, 3.05) is 5.32 Å². The van der Waals surface area contributed by atoms with E-state index in [1.807, 2.05) is 24.3 Å². The van der Waals surface area contributed by atoms with Crippen LogP contribution in [0.3, 0.4) is 0 Å². The van der Waals surface area contributed by atoms with Gasteiger partial charge in [-0.3, -0.25) is 15.3 Å². The molecular formula is C23H19FN6O. The molecule has 0 aliphatic heterocycles. The number of carbonyl (C=O) groups excluding carboxylic acids is 1. The van der Waals surface area contributed by atoms with Crippen LogP contribution in [-0.4, -0.2) is 26.0 Å². The number of pyridine rings is 2. The molecule has 2 amide bonds. The van der Waals surface area contributed by atoms with E-state index in [0.717, 1.165) is 16.7 Å². The van der Waals surface area contributed by atoms with Crippen LogP contribution in [0.15, 0.2) is 85.6 Å². The van der Waals surface area contributed by atoms with Crippen molar-refractivity contribution in [1.82, 2.24) is 19.9 Å². The number of benzene rings is 1. The Morgan fingerprint density at radius 2 is 1.48 bits per heavy atom. The Kier molecular flexibility index (Phi) is 5.89. The average molecular weight is 414 g/mol. The van der Waals surface area contributed by atoms with Gasteiger partial charge in [0, 0.05) is 42.8 Å². The van der Waals surface area contributed by atoms with Crippen LogP contribution >= 0.6 is 0 Å². The molecule has 0 bridgehead atoms. The number of halogens is 1. The van der Waals surface area contributed by atoms with Gasteiger partial charge in [-0.2, -0.15) is 0 Å². The monoisotopic (exact) mass is 414 g/mol. The molecule has 1 aromatic carbocycles. The topological polar surface area (TPSA) is 107 Å². The van der Waals surface area contributed by atoms with Crippen LogP contribution in [0.2, 0.25) is 0 Å². The van der Waals surface area contributed by atoms with E-state index in [-0.39, 0.29) is 23.6 Å². The fourth-order valence-electron chi connectivity index (χ4n) is 3.62. The first-order valence-corrected chi connectivity index (χ1v) is 9.56. The van der Waals surface area contributed by atoms with E-state index in [9.17, 15) is 9.18 Å². The normalized spacial score (nSPS) is 11.8. The number of rotatable bonds is 6. The second-order valence-electron chi connectivity index (χ2n) is 6.87. The van der Waals surface area contributed by atoms with Crippen molar-refractivity contribution in [3.05, 3.63) is 114 Å². The summed E-state index contributed by atoms with van der Waals surface area (Å²) in [6.07, 6.45) is 8.54. The third-order valence-corrected chi connectivity index (χ3v) is 4.88. The SMILES string of the molecule is NC(=O)Nc1nccc(C(c2ccc(F)cc2)C(c2cccnc2)c2cccnc2)n1. The molecule has 0 radical (unpaired) electrons. The van der Waals surface area contributed by atoms with E-state index >= 15 is 0 Å². The van der Waals surface area contributed by atoms with Crippen molar-refractivity contribution in [3.63, 3.8) is 0 Å². The van der Waals surface area contributed by atoms with Crippen molar-refractivity contribution >= 4 is 12.0 Å². The summed E-state index contributed by atoms with van der Waals surface area (Å²) in [7, 11) is 0. The molecule has 1 atom stereocenters. The van der Waals surface area contributed by atoms with Crippen LogP contribution in [0.1, 0.15) is 34.2 Å². The van der Waals surface area contributed by atoms with Gasteiger partial charge in [0.25, 0.3) is 0 Å². The first-order chi connectivity index (χ1) is 15.1. The van der Waals surface area contributed by atoms with Crippen molar-refractivity contribution in [2.45, 2.75) is 11.8 Å². The minimum Gasteiger partial charge on any atom is -0.351 e. The minimum atomic E-state index is -0.758. The van der Waals surface area contributed by atoms with Gasteiger partial charge in [-0.1, -0.05) is 24.3 Å². The summed E-state index contributed by atoms with van der Waals surface area (Å²) in [5.74, 6) is -0.816. The third kappa shape index (κ3) is 4.69. The number of anilines is 1. The molecule has 0 fully saturated rings. The summed E-state index contributed by atoms with van der Waals surface area (Å²) in [6, 6.07) is 15.0. The number of nitrogens with two attached hydrogens (primary N) is 1. The molecule has 3 aromatic heterocycles. The predicted molar refractivity (Wildman–Crippen MR) is 114 cm³/mol. The molecular weight excluding hydrogens is 395 g/mol. The molecule has 31 heavy (non-hydrogen) atoms. The van der Waals surface area contributed by atoms with Gasteiger partial charge in [0.2, 0.25) is 5.95 Å². The zero-order valence-electron chi connectivity index (χ0n) is 16.4. The molecule has 1 unspecified atom stereocenters. The van der Waals surface area contributed by atoms with Gasteiger partial charge in [0.15, 0.2) is 0 Å². The molecule has 4 aromatic rings. The number of amides is 2. The number of carbonyl (C=O) groups is 1. The number of hydrogen-bond donors (Lipinski definition) is 2. The highest BCUT2D eigenvalue weighted by atomic mass is 19.1. The summed E-state index contributed by atoms with van der Waals surface area (Å²) in [4.78, 5) is 28.5. The number of nitrogens with one attached hydrogen (secondary N) is 1. The van der Waals surface area contributed by atoms with E-state index in [0.29, 0.717) is 5.69 Å². The Labute approximate surface area is 178 Å². The Bertz CT molecular complexity index is 1120. The number of hydrogen-bond acceptors (Lipinski definition) is 5. The van der Waals surface area contributed by atoms with Gasteiger partial charge in [-0.25, -0.2) is 19.2 Å². The van der Waals surface area contributed by atoms with Gasteiger partial charge in [-0.15, -0.1) is 0 Å². The lowest BCUT2D eigenvalue weighted by Gasteiger charge is -2.28. The maximum atomic E-state index is 13.7. The van der Waals surface area contributed by atoms with Crippen LogP contribution < -0.4 is 11.1 Å². The summed E-state index contributed by atoms with van der Waals surface area (Å²) in [5, 5.41) is 2.41. The lowest BCUT2D eigenvalue weighted by atomic mass is 9.76. The van der Waals surface area contributed by atoms with Crippen LogP contribution in [-0.2, 0) is 0 Å². The molecule has 0 saturated carbocycles. The Hall–Kier alpha value is -4.20. The highest BCUT2D eigenvalue weighted by molar-refractivity contribution is 5.85. The molecule has 7 nitrogen and oxygen atoms in total. The molecule has 0 aliphatic rings. The summed E-state index contributed by atoms with van der Waals surface area (Å²) in [6.45, 7) is 0. The summed E-state index contributed by atoms with van der Waals surface area (Å²) in [5.41, 5.74) is 8.57. The molecule has 0 saturated heterocycles. The van der Waals surface area contributed by atoms with Gasteiger partial charge in [0.05, 0.1) is 5.69 Å². The van der Waals surface area contributed by atoms with E-state index in [2.05, 4.69) is 25.3 Å². The number of aromatic nitrogens is 4. The Balaban J connectivity index is 1.92. The predicted octanol–water partition coefficient (Wildman–Crippen LogP) is 3.86. The maximum Gasteiger partial charge on any atom is 0.319 e. The molecule has 0 aliphatic carbocycles. The van der Waals surface area contributed by atoms with E-state index in [4.69, 9.17) is 5.73 Å². The zero-order chi connectivity index (χ0) is 21.6. The summed E-state index contributed by atoms with van der Waals surface area (Å²) < 4.78 is 13.7. The zero-order valence-corrected chi connectivity index (χ0v) is 16.4. The minimum absolute atomic E-state index is 0.0910. The van der Waals surface area contributed by atoms with Crippen LogP contribution in [0.5, 0.6) is 0 Å². The molecule has 154 valence electrons. The van der Waals surface area contributed by atoms with Crippen molar-refractivity contribution in [3.8, 4) is 0 Å².